The maximum atomic E-state index is 11.6. The molecule has 2 heterocycles. The Morgan fingerprint density at radius 2 is 2.27 bits per heavy atom. The zero-order chi connectivity index (χ0) is 10.7. The lowest BCUT2D eigenvalue weighted by atomic mass is 9.78. The van der Waals surface area contributed by atoms with E-state index in [0.717, 1.165) is 39.0 Å². The highest BCUT2D eigenvalue weighted by Gasteiger charge is 2.42. The summed E-state index contributed by atoms with van der Waals surface area (Å²) in [6.45, 7) is 4.90. The molecule has 86 valence electrons. The summed E-state index contributed by atoms with van der Waals surface area (Å²) < 4.78 is 10.4. The number of ether oxygens (including phenoxy) is 2. The molecule has 2 fully saturated rings. The van der Waals surface area contributed by atoms with E-state index in [9.17, 15) is 4.79 Å². The first-order valence-corrected chi connectivity index (χ1v) is 5.73. The Hall–Kier alpha value is -0.610. The van der Waals surface area contributed by atoms with Gasteiger partial charge in [-0.25, -0.2) is 0 Å². The van der Waals surface area contributed by atoms with E-state index in [4.69, 9.17) is 9.47 Å². The first kappa shape index (κ1) is 10.9. The van der Waals surface area contributed by atoms with Crippen LogP contribution in [0.5, 0.6) is 0 Å². The molecule has 1 atom stereocenters. The van der Waals surface area contributed by atoms with Crippen molar-refractivity contribution in [3.05, 3.63) is 0 Å². The predicted octanol–water partition coefficient (Wildman–Crippen LogP) is 0.708. The molecule has 4 heteroatoms. The number of rotatable bonds is 2. The van der Waals surface area contributed by atoms with Crippen molar-refractivity contribution in [1.29, 1.82) is 0 Å². The minimum atomic E-state index is -0.0964. The molecule has 0 aromatic carbocycles. The van der Waals surface area contributed by atoms with Gasteiger partial charge in [0.15, 0.2) is 0 Å². The second-order valence-electron chi connectivity index (χ2n) is 4.50. The van der Waals surface area contributed by atoms with Gasteiger partial charge in [0.1, 0.15) is 6.04 Å². The van der Waals surface area contributed by atoms with Gasteiger partial charge in [0.2, 0.25) is 0 Å². The summed E-state index contributed by atoms with van der Waals surface area (Å²) >= 11 is 0. The van der Waals surface area contributed by atoms with Crippen molar-refractivity contribution in [3.8, 4) is 0 Å². The Morgan fingerprint density at radius 3 is 2.93 bits per heavy atom. The average molecular weight is 213 g/mol. The van der Waals surface area contributed by atoms with Gasteiger partial charge in [0, 0.05) is 19.8 Å². The van der Waals surface area contributed by atoms with E-state index in [-0.39, 0.29) is 17.4 Å². The molecule has 0 amide bonds. The third-order valence-electron chi connectivity index (χ3n) is 3.49. The molecule has 4 nitrogen and oxygen atoms in total. The van der Waals surface area contributed by atoms with Gasteiger partial charge < -0.3 is 14.8 Å². The van der Waals surface area contributed by atoms with Crippen molar-refractivity contribution in [2.24, 2.45) is 5.41 Å². The number of hydrogen-bond acceptors (Lipinski definition) is 4. The van der Waals surface area contributed by atoms with Crippen molar-refractivity contribution in [2.75, 3.05) is 26.4 Å². The van der Waals surface area contributed by atoms with Crippen molar-refractivity contribution < 1.29 is 14.3 Å². The molecular weight excluding hydrogens is 194 g/mol. The average Bonchev–Trinajstić information content (AvgIpc) is 2.64. The van der Waals surface area contributed by atoms with Crippen LogP contribution in [0.25, 0.3) is 0 Å². The Labute approximate surface area is 90.3 Å². The zero-order valence-corrected chi connectivity index (χ0v) is 9.25. The Balaban J connectivity index is 1.90. The van der Waals surface area contributed by atoms with Gasteiger partial charge in [0.05, 0.1) is 6.61 Å². The van der Waals surface area contributed by atoms with Crippen LogP contribution < -0.4 is 5.32 Å². The fraction of sp³-hybridized carbons (Fsp3) is 0.909. The van der Waals surface area contributed by atoms with E-state index in [1.165, 1.54) is 0 Å². The Kier molecular flexibility index (Phi) is 3.26. The minimum Gasteiger partial charge on any atom is -0.465 e. The molecule has 2 saturated heterocycles. The minimum absolute atomic E-state index is 0.0944. The highest BCUT2D eigenvalue weighted by Crippen LogP contribution is 2.38. The summed E-state index contributed by atoms with van der Waals surface area (Å²) in [4.78, 5) is 11.6. The lowest BCUT2D eigenvalue weighted by Gasteiger charge is -2.32. The van der Waals surface area contributed by atoms with Crippen LogP contribution in [0.1, 0.15) is 26.2 Å². The van der Waals surface area contributed by atoms with E-state index in [2.05, 4.69) is 5.32 Å². The molecule has 0 radical (unpaired) electrons. The summed E-state index contributed by atoms with van der Waals surface area (Å²) in [5.74, 6) is -0.0964. The van der Waals surface area contributed by atoms with E-state index in [1.807, 2.05) is 6.92 Å². The van der Waals surface area contributed by atoms with E-state index in [0.29, 0.717) is 6.61 Å². The topological polar surface area (TPSA) is 47.6 Å². The highest BCUT2D eigenvalue weighted by molar-refractivity contribution is 5.76. The number of esters is 1. The number of hydrogen-bond donors (Lipinski definition) is 1. The second-order valence-corrected chi connectivity index (χ2v) is 4.50. The first-order chi connectivity index (χ1) is 7.26. The van der Waals surface area contributed by atoms with Gasteiger partial charge in [-0.15, -0.1) is 0 Å². The van der Waals surface area contributed by atoms with Crippen LogP contribution in [0.3, 0.4) is 0 Å². The summed E-state index contributed by atoms with van der Waals surface area (Å²) in [6.07, 6.45) is 3.04. The van der Waals surface area contributed by atoms with Crippen molar-refractivity contribution in [2.45, 2.75) is 32.2 Å². The predicted molar refractivity (Wildman–Crippen MR) is 55.5 cm³/mol. The molecule has 2 rings (SSSR count). The van der Waals surface area contributed by atoms with Crippen LogP contribution in [-0.2, 0) is 14.3 Å². The summed E-state index contributed by atoms with van der Waals surface area (Å²) in [5.41, 5.74) is 0.287. The standard InChI is InChI=1S/C11H19NO3/c1-2-15-10(13)9-7-11(8-12-9)3-5-14-6-4-11/h9,12H,2-8H2,1H3/t9-/m1/s1. The van der Waals surface area contributed by atoms with Crippen LogP contribution in [0, 0.1) is 5.41 Å². The maximum Gasteiger partial charge on any atom is 0.323 e. The number of nitrogens with one attached hydrogen (secondary N) is 1. The monoisotopic (exact) mass is 213 g/mol. The van der Waals surface area contributed by atoms with E-state index < -0.39 is 0 Å². The molecule has 1 N–H and O–H groups in total. The Morgan fingerprint density at radius 1 is 1.53 bits per heavy atom. The molecule has 1 spiro atoms. The Bertz CT molecular complexity index is 236. The fourth-order valence-electron chi connectivity index (χ4n) is 2.51. The SMILES string of the molecule is CCOC(=O)[C@H]1CC2(CCOCC2)CN1. The lowest BCUT2D eigenvalue weighted by molar-refractivity contribution is -0.145. The molecule has 0 bridgehead atoms. The van der Waals surface area contributed by atoms with Crippen molar-refractivity contribution in [3.63, 3.8) is 0 Å². The number of carbonyl (C=O) groups excluding carboxylic acids is 1. The van der Waals surface area contributed by atoms with Crippen molar-refractivity contribution >= 4 is 5.97 Å². The van der Waals surface area contributed by atoms with E-state index in [1.54, 1.807) is 0 Å². The summed E-state index contributed by atoms with van der Waals surface area (Å²) in [7, 11) is 0. The van der Waals surface area contributed by atoms with Gasteiger partial charge in [-0.2, -0.15) is 0 Å². The molecular formula is C11H19NO3. The van der Waals surface area contributed by atoms with Crippen LogP contribution >= 0.6 is 0 Å². The van der Waals surface area contributed by atoms with Gasteiger partial charge in [-0.3, -0.25) is 4.79 Å². The second kappa shape index (κ2) is 4.49. The van der Waals surface area contributed by atoms with Gasteiger partial charge in [0.25, 0.3) is 0 Å². The molecule has 0 aliphatic carbocycles. The third kappa shape index (κ3) is 2.32. The lowest BCUT2D eigenvalue weighted by Crippen LogP contribution is -2.32. The third-order valence-corrected chi connectivity index (χ3v) is 3.49. The smallest absolute Gasteiger partial charge is 0.323 e. The van der Waals surface area contributed by atoms with Crippen LogP contribution in [-0.4, -0.2) is 38.4 Å². The van der Waals surface area contributed by atoms with E-state index >= 15 is 0 Å². The van der Waals surface area contributed by atoms with Crippen LogP contribution in [0.2, 0.25) is 0 Å². The summed E-state index contributed by atoms with van der Waals surface area (Å²) in [6, 6.07) is -0.0944. The number of carbonyl (C=O) groups is 1. The largest absolute Gasteiger partial charge is 0.465 e. The quantitative estimate of drug-likeness (QED) is 0.686. The highest BCUT2D eigenvalue weighted by atomic mass is 16.5. The maximum absolute atomic E-state index is 11.6. The first-order valence-electron chi connectivity index (χ1n) is 5.73. The van der Waals surface area contributed by atoms with Gasteiger partial charge in [-0.1, -0.05) is 0 Å². The van der Waals surface area contributed by atoms with Crippen molar-refractivity contribution in [1.82, 2.24) is 5.32 Å². The van der Waals surface area contributed by atoms with Gasteiger partial charge >= 0.3 is 5.97 Å². The molecule has 0 saturated carbocycles. The molecule has 0 aromatic rings. The molecule has 15 heavy (non-hydrogen) atoms. The molecule has 0 unspecified atom stereocenters. The van der Waals surface area contributed by atoms with Crippen LogP contribution in [0.4, 0.5) is 0 Å². The normalized spacial score (nSPS) is 29.3. The molecule has 2 aliphatic rings. The summed E-state index contributed by atoms with van der Waals surface area (Å²) in [5, 5.41) is 3.27. The molecule has 2 aliphatic heterocycles. The van der Waals surface area contributed by atoms with Gasteiger partial charge in [-0.05, 0) is 31.6 Å². The molecule has 0 aromatic heterocycles. The zero-order valence-electron chi connectivity index (χ0n) is 9.25. The fourth-order valence-corrected chi connectivity index (χ4v) is 2.51. The van der Waals surface area contributed by atoms with Crippen LogP contribution in [0.15, 0.2) is 0 Å².